The van der Waals surface area contributed by atoms with Crippen LogP contribution in [0.5, 0.6) is 0 Å². The predicted octanol–water partition coefficient (Wildman–Crippen LogP) is 1.09. The molecule has 4 heteroatoms. The van der Waals surface area contributed by atoms with Crippen molar-refractivity contribution >= 4 is 0 Å². The first-order chi connectivity index (χ1) is 8.43. The van der Waals surface area contributed by atoms with Gasteiger partial charge in [0.1, 0.15) is 0 Å². The highest BCUT2D eigenvalue weighted by Gasteiger charge is 2.35. The molecule has 0 bridgehead atoms. The average molecular weight is 258 g/mol. The van der Waals surface area contributed by atoms with Gasteiger partial charge in [0.25, 0.3) is 0 Å². The zero-order valence-electron chi connectivity index (χ0n) is 12.4. The number of aliphatic hydroxyl groups excluding tert-OH is 1. The summed E-state index contributed by atoms with van der Waals surface area (Å²) in [5.74, 6) is 0. The smallest absolute Gasteiger partial charge is 0.0547 e. The summed E-state index contributed by atoms with van der Waals surface area (Å²) in [5, 5.41) is 12.9. The van der Waals surface area contributed by atoms with E-state index in [1.807, 2.05) is 6.92 Å². The minimum Gasteiger partial charge on any atom is -0.393 e. The Balaban J connectivity index is 2.41. The largest absolute Gasteiger partial charge is 0.393 e. The van der Waals surface area contributed by atoms with Crippen molar-refractivity contribution < 1.29 is 9.84 Å². The second-order valence-electron chi connectivity index (χ2n) is 6.21. The third kappa shape index (κ3) is 5.65. The van der Waals surface area contributed by atoms with Gasteiger partial charge in [-0.1, -0.05) is 13.8 Å². The molecule has 2 unspecified atom stereocenters. The number of aliphatic hydroxyl groups is 1. The standard InChI is InChI=1S/C14H30N2O2/c1-12(2)15-9-14(6-8-18-11-14)10-16(4)7-5-13(3)17/h12-13,15,17H,5-11H2,1-4H3. The van der Waals surface area contributed by atoms with Crippen molar-refractivity contribution in [1.29, 1.82) is 0 Å². The van der Waals surface area contributed by atoms with E-state index in [2.05, 4.69) is 31.1 Å². The second-order valence-corrected chi connectivity index (χ2v) is 6.21. The van der Waals surface area contributed by atoms with Crippen LogP contribution in [0.25, 0.3) is 0 Å². The van der Waals surface area contributed by atoms with E-state index in [-0.39, 0.29) is 11.5 Å². The molecule has 0 amide bonds. The highest BCUT2D eigenvalue weighted by atomic mass is 16.5. The Kier molecular flexibility index (Phi) is 6.57. The van der Waals surface area contributed by atoms with Crippen LogP contribution in [-0.4, -0.2) is 62.0 Å². The summed E-state index contributed by atoms with van der Waals surface area (Å²) in [4.78, 5) is 2.32. The molecule has 2 N–H and O–H groups in total. The van der Waals surface area contributed by atoms with Crippen molar-refractivity contribution in [1.82, 2.24) is 10.2 Å². The lowest BCUT2D eigenvalue weighted by Crippen LogP contribution is -2.45. The van der Waals surface area contributed by atoms with Crippen molar-refractivity contribution in [3.05, 3.63) is 0 Å². The summed E-state index contributed by atoms with van der Waals surface area (Å²) in [6.07, 6.45) is 1.76. The third-order valence-electron chi connectivity index (χ3n) is 3.60. The zero-order chi connectivity index (χ0) is 13.6. The van der Waals surface area contributed by atoms with Crippen LogP contribution in [0.4, 0.5) is 0 Å². The minimum atomic E-state index is -0.211. The van der Waals surface area contributed by atoms with Gasteiger partial charge in [-0.15, -0.1) is 0 Å². The Morgan fingerprint density at radius 1 is 1.39 bits per heavy atom. The molecular weight excluding hydrogens is 228 g/mol. The molecule has 1 aliphatic rings. The van der Waals surface area contributed by atoms with Gasteiger partial charge < -0.3 is 20.1 Å². The van der Waals surface area contributed by atoms with E-state index in [1.165, 1.54) is 0 Å². The van der Waals surface area contributed by atoms with Crippen LogP contribution in [0.1, 0.15) is 33.6 Å². The summed E-state index contributed by atoms with van der Waals surface area (Å²) in [6.45, 7) is 10.9. The Morgan fingerprint density at radius 2 is 2.11 bits per heavy atom. The van der Waals surface area contributed by atoms with E-state index in [0.29, 0.717) is 6.04 Å². The summed E-state index contributed by atoms with van der Waals surface area (Å²) in [6, 6.07) is 0.519. The van der Waals surface area contributed by atoms with Gasteiger partial charge in [0.05, 0.1) is 12.7 Å². The lowest BCUT2D eigenvalue weighted by Gasteiger charge is -2.33. The number of nitrogens with zero attached hydrogens (tertiary/aromatic N) is 1. The van der Waals surface area contributed by atoms with E-state index in [1.54, 1.807) is 0 Å². The minimum absolute atomic E-state index is 0.211. The first-order valence-corrected chi connectivity index (χ1v) is 7.11. The van der Waals surface area contributed by atoms with Gasteiger partial charge in [-0.3, -0.25) is 0 Å². The summed E-state index contributed by atoms with van der Waals surface area (Å²) >= 11 is 0. The number of hydrogen-bond acceptors (Lipinski definition) is 4. The van der Waals surface area contributed by atoms with Gasteiger partial charge >= 0.3 is 0 Å². The molecule has 18 heavy (non-hydrogen) atoms. The first kappa shape index (κ1) is 15.9. The maximum atomic E-state index is 9.34. The number of hydrogen-bond donors (Lipinski definition) is 2. The van der Waals surface area contributed by atoms with Gasteiger partial charge in [-0.05, 0) is 26.8 Å². The lowest BCUT2D eigenvalue weighted by molar-refractivity contribution is 0.106. The molecule has 4 nitrogen and oxygen atoms in total. The Labute approximate surface area is 112 Å². The van der Waals surface area contributed by atoms with Crippen LogP contribution in [-0.2, 0) is 4.74 Å². The van der Waals surface area contributed by atoms with E-state index < -0.39 is 0 Å². The van der Waals surface area contributed by atoms with Crippen molar-refractivity contribution in [3.8, 4) is 0 Å². The zero-order valence-corrected chi connectivity index (χ0v) is 12.4. The van der Waals surface area contributed by atoms with Gasteiger partial charge in [-0.25, -0.2) is 0 Å². The van der Waals surface area contributed by atoms with Gasteiger partial charge in [0, 0.05) is 37.7 Å². The monoisotopic (exact) mass is 258 g/mol. The highest BCUT2D eigenvalue weighted by Crippen LogP contribution is 2.29. The second kappa shape index (κ2) is 7.43. The van der Waals surface area contributed by atoms with E-state index >= 15 is 0 Å². The van der Waals surface area contributed by atoms with E-state index in [9.17, 15) is 5.11 Å². The van der Waals surface area contributed by atoms with Gasteiger partial charge in [0.2, 0.25) is 0 Å². The lowest BCUT2D eigenvalue weighted by atomic mass is 9.86. The topological polar surface area (TPSA) is 44.7 Å². The van der Waals surface area contributed by atoms with Crippen LogP contribution >= 0.6 is 0 Å². The summed E-state index contributed by atoms with van der Waals surface area (Å²) in [5.41, 5.74) is 0.248. The third-order valence-corrected chi connectivity index (χ3v) is 3.60. The van der Waals surface area contributed by atoms with Crippen LogP contribution < -0.4 is 5.32 Å². The van der Waals surface area contributed by atoms with Gasteiger partial charge in [-0.2, -0.15) is 0 Å². The highest BCUT2D eigenvalue weighted by molar-refractivity contribution is 4.88. The molecule has 1 heterocycles. The number of rotatable bonds is 8. The average Bonchev–Trinajstić information content (AvgIpc) is 2.73. The number of nitrogens with one attached hydrogen (secondary N) is 1. The predicted molar refractivity (Wildman–Crippen MR) is 74.8 cm³/mol. The summed E-state index contributed by atoms with van der Waals surface area (Å²) in [7, 11) is 2.14. The molecule has 108 valence electrons. The molecule has 0 spiro atoms. The maximum absolute atomic E-state index is 9.34. The maximum Gasteiger partial charge on any atom is 0.0547 e. The molecule has 1 aliphatic heterocycles. The first-order valence-electron chi connectivity index (χ1n) is 7.11. The van der Waals surface area contributed by atoms with Crippen LogP contribution in [0, 0.1) is 5.41 Å². The van der Waals surface area contributed by atoms with Crippen molar-refractivity contribution in [3.63, 3.8) is 0 Å². The molecule has 1 fully saturated rings. The Hall–Kier alpha value is -0.160. The molecule has 1 rings (SSSR count). The molecule has 0 saturated carbocycles. The molecule has 0 radical (unpaired) electrons. The molecule has 0 aliphatic carbocycles. The van der Waals surface area contributed by atoms with Crippen molar-refractivity contribution in [2.45, 2.75) is 45.8 Å². The fraction of sp³-hybridized carbons (Fsp3) is 1.00. The van der Waals surface area contributed by atoms with E-state index in [4.69, 9.17) is 4.74 Å². The summed E-state index contributed by atoms with van der Waals surface area (Å²) < 4.78 is 5.60. The Morgan fingerprint density at radius 3 is 2.61 bits per heavy atom. The SMILES string of the molecule is CC(O)CCN(C)CC1(CNC(C)C)CCOC1. The fourth-order valence-electron chi connectivity index (χ4n) is 2.45. The van der Waals surface area contributed by atoms with E-state index in [0.717, 1.165) is 45.7 Å². The van der Waals surface area contributed by atoms with Crippen LogP contribution in [0.2, 0.25) is 0 Å². The quantitative estimate of drug-likeness (QED) is 0.684. The molecule has 0 aromatic heterocycles. The number of ether oxygens (including phenoxy) is 1. The van der Waals surface area contributed by atoms with Crippen LogP contribution in [0.3, 0.4) is 0 Å². The van der Waals surface area contributed by atoms with Gasteiger partial charge in [0.15, 0.2) is 0 Å². The fourth-order valence-corrected chi connectivity index (χ4v) is 2.45. The normalized spacial score (nSPS) is 26.2. The molecular formula is C14H30N2O2. The van der Waals surface area contributed by atoms with Crippen LogP contribution in [0.15, 0.2) is 0 Å². The Bertz CT molecular complexity index is 226. The molecule has 0 aromatic carbocycles. The van der Waals surface area contributed by atoms with Crippen molar-refractivity contribution in [2.24, 2.45) is 5.41 Å². The molecule has 0 aromatic rings. The van der Waals surface area contributed by atoms with Crippen molar-refractivity contribution in [2.75, 3.05) is 39.9 Å². The molecule has 2 atom stereocenters. The molecule has 1 saturated heterocycles.